The first-order chi connectivity index (χ1) is 16.7. The summed E-state index contributed by atoms with van der Waals surface area (Å²) in [5, 5.41) is 10.6. The molecule has 1 aromatic heterocycles. The van der Waals surface area contributed by atoms with Crippen LogP contribution in [0.15, 0.2) is 18.2 Å². The van der Waals surface area contributed by atoms with Gasteiger partial charge in [0.05, 0.1) is 5.69 Å². The highest BCUT2D eigenvalue weighted by Gasteiger charge is 2.43. The Hall–Kier alpha value is -2.33. The fourth-order valence-electron chi connectivity index (χ4n) is 5.85. The first kappa shape index (κ1) is 24.4. The van der Waals surface area contributed by atoms with Gasteiger partial charge in [0, 0.05) is 50.5 Å². The van der Waals surface area contributed by atoms with Gasteiger partial charge < -0.3 is 15.0 Å². The van der Waals surface area contributed by atoms with E-state index in [4.69, 9.17) is 4.74 Å². The Morgan fingerprint density at radius 2 is 1.69 bits per heavy atom. The Bertz CT molecular complexity index is 1060. The van der Waals surface area contributed by atoms with Crippen LogP contribution in [0.2, 0.25) is 0 Å². The molecule has 5 nitrogen and oxygen atoms in total. The van der Waals surface area contributed by atoms with E-state index in [0.29, 0.717) is 23.8 Å². The number of halogens is 5. The number of benzene rings is 1. The number of ether oxygens (including phenoxy) is 1. The second-order valence-electron chi connectivity index (χ2n) is 10.2. The minimum absolute atomic E-state index is 0.113. The van der Waals surface area contributed by atoms with Crippen molar-refractivity contribution in [2.75, 3.05) is 38.2 Å². The molecule has 1 aliphatic carbocycles. The second kappa shape index (κ2) is 9.61. The molecule has 0 radical (unpaired) electrons. The highest BCUT2D eigenvalue weighted by Crippen LogP contribution is 2.42. The molecule has 3 heterocycles. The molecule has 1 aromatic carbocycles. The standard InChI is InChI=1S/C25H29F5N4O/c1-14-6-19(22(27)10-21(14)26)23-9-20(25(28,29)30)24(33-32-23)31-18-7-16-12-34(13-17(16)8-18)11-15-2-4-35-5-3-15/h6,9-10,15-18H,2-5,7-8,11-13H2,1H3,(H,31,33)/t16-,17+,18-. The summed E-state index contributed by atoms with van der Waals surface area (Å²) in [6.07, 6.45) is -0.963. The molecule has 5 rings (SSSR count). The molecule has 10 heteroatoms. The van der Waals surface area contributed by atoms with E-state index in [1.807, 2.05) is 0 Å². The molecular formula is C25H29F5N4O. The summed E-state index contributed by atoms with van der Waals surface area (Å²) in [5.74, 6) is -0.536. The quantitative estimate of drug-likeness (QED) is 0.570. The monoisotopic (exact) mass is 496 g/mol. The third-order valence-corrected chi connectivity index (χ3v) is 7.65. The number of anilines is 1. The number of likely N-dealkylation sites (tertiary alicyclic amines) is 1. The van der Waals surface area contributed by atoms with Gasteiger partial charge in [-0.15, -0.1) is 10.2 Å². The second-order valence-corrected chi connectivity index (χ2v) is 10.2. The van der Waals surface area contributed by atoms with Gasteiger partial charge in [-0.1, -0.05) is 0 Å². The minimum Gasteiger partial charge on any atom is -0.381 e. The van der Waals surface area contributed by atoms with Crippen LogP contribution in [-0.2, 0) is 10.9 Å². The van der Waals surface area contributed by atoms with Crippen LogP contribution in [0.5, 0.6) is 0 Å². The Labute approximate surface area is 201 Å². The van der Waals surface area contributed by atoms with E-state index >= 15 is 0 Å². The van der Waals surface area contributed by atoms with Crippen molar-refractivity contribution in [3.05, 3.63) is 41.0 Å². The summed E-state index contributed by atoms with van der Waals surface area (Å²) < 4.78 is 75.0. The van der Waals surface area contributed by atoms with Crippen LogP contribution in [0.3, 0.4) is 0 Å². The zero-order valence-corrected chi connectivity index (χ0v) is 19.5. The Kier molecular flexibility index (Phi) is 6.69. The lowest BCUT2D eigenvalue weighted by Gasteiger charge is -2.28. The van der Waals surface area contributed by atoms with Crippen LogP contribution in [-0.4, -0.2) is 54.0 Å². The van der Waals surface area contributed by atoms with Gasteiger partial charge in [-0.2, -0.15) is 13.2 Å². The molecule has 190 valence electrons. The van der Waals surface area contributed by atoms with Crippen molar-refractivity contribution < 1.29 is 26.7 Å². The lowest BCUT2D eigenvalue weighted by molar-refractivity contribution is -0.137. The van der Waals surface area contributed by atoms with Crippen LogP contribution in [0.1, 0.15) is 36.8 Å². The topological polar surface area (TPSA) is 50.3 Å². The molecule has 0 unspecified atom stereocenters. The molecule has 2 saturated heterocycles. The van der Waals surface area contributed by atoms with Crippen LogP contribution in [0.25, 0.3) is 11.3 Å². The van der Waals surface area contributed by atoms with E-state index in [0.717, 1.165) is 70.7 Å². The predicted octanol–water partition coefficient (Wildman–Crippen LogP) is 5.30. The SMILES string of the molecule is Cc1cc(-c2cc(C(F)(F)F)c(N[C@@H]3C[C@@H]4CN(CC5CCOCC5)C[C@@H]4C3)nn2)c(F)cc1F. The number of nitrogens with zero attached hydrogens (tertiary/aromatic N) is 3. The normalized spacial score (nSPS) is 25.7. The van der Waals surface area contributed by atoms with Crippen LogP contribution in [0, 0.1) is 36.3 Å². The highest BCUT2D eigenvalue weighted by atomic mass is 19.4. The summed E-state index contributed by atoms with van der Waals surface area (Å²) in [4.78, 5) is 2.50. The predicted molar refractivity (Wildman–Crippen MR) is 121 cm³/mol. The minimum atomic E-state index is -4.70. The van der Waals surface area contributed by atoms with Gasteiger partial charge in [-0.05, 0) is 68.1 Å². The molecule has 0 spiro atoms. The summed E-state index contributed by atoms with van der Waals surface area (Å²) >= 11 is 0. The van der Waals surface area contributed by atoms with Crippen molar-refractivity contribution in [2.45, 2.75) is 44.8 Å². The number of aromatic nitrogens is 2. The van der Waals surface area contributed by atoms with Crippen molar-refractivity contribution in [3.8, 4) is 11.3 Å². The average Bonchev–Trinajstić information content (AvgIpc) is 3.34. The average molecular weight is 497 g/mol. The number of nitrogens with one attached hydrogen (secondary N) is 1. The van der Waals surface area contributed by atoms with Gasteiger partial charge in [0.1, 0.15) is 17.2 Å². The van der Waals surface area contributed by atoms with Gasteiger partial charge in [0.25, 0.3) is 0 Å². The number of aryl methyl sites for hydroxylation is 1. The van der Waals surface area contributed by atoms with E-state index in [-0.39, 0.29) is 28.7 Å². The summed E-state index contributed by atoms with van der Waals surface area (Å²) in [6, 6.07) is 2.46. The molecule has 0 amide bonds. The van der Waals surface area contributed by atoms with Gasteiger partial charge in [0.2, 0.25) is 0 Å². The Balaban J connectivity index is 1.27. The fourth-order valence-corrected chi connectivity index (χ4v) is 5.85. The van der Waals surface area contributed by atoms with E-state index in [9.17, 15) is 22.0 Å². The molecule has 2 aliphatic heterocycles. The first-order valence-electron chi connectivity index (χ1n) is 12.1. The number of hydrogen-bond acceptors (Lipinski definition) is 5. The molecule has 35 heavy (non-hydrogen) atoms. The number of fused-ring (bicyclic) bond motifs is 1. The molecule has 3 aliphatic rings. The fraction of sp³-hybridized carbons (Fsp3) is 0.600. The summed E-state index contributed by atoms with van der Waals surface area (Å²) in [6.45, 7) is 6.07. The number of rotatable bonds is 5. The number of hydrogen-bond donors (Lipinski definition) is 1. The van der Waals surface area contributed by atoms with Crippen molar-refractivity contribution in [1.29, 1.82) is 0 Å². The van der Waals surface area contributed by atoms with Gasteiger partial charge in [-0.3, -0.25) is 0 Å². The molecule has 0 bridgehead atoms. The van der Waals surface area contributed by atoms with Crippen LogP contribution < -0.4 is 5.32 Å². The van der Waals surface area contributed by atoms with Gasteiger partial charge in [-0.25, -0.2) is 8.78 Å². The molecule has 3 atom stereocenters. The Morgan fingerprint density at radius 1 is 1.00 bits per heavy atom. The summed E-state index contributed by atoms with van der Waals surface area (Å²) in [7, 11) is 0. The van der Waals surface area contributed by atoms with Crippen molar-refractivity contribution in [3.63, 3.8) is 0 Å². The first-order valence-corrected chi connectivity index (χ1v) is 12.1. The van der Waals surface area contributed by atoms with Crippen LogP contribution >= 0.6 is 0 Å². The molecule has 2 aromatic rings. The van der Waals surface area contributed by atoms with E-state index < -0.39 is 23.4 Å². The van der Waals surface area contributed by atoms with E-state index in [1.54, 1.807) is 0 Å². The van der Waals surface area contributed by atoms with Crippen molar-refractivity contribution in [2.24, 2.45) is 17.8 Å². The molecule has 1 saturated carbocycles. The zero-order valence-electron chi connectivity index (χ0n) is 19.5. The smallest absolute Gasteiger partial charge is 0.381 e. The Morgan fingerprint density at radius 3 is 2.34 bits per heavy atom. The lowest BCUT2D eigenvalue weighted by atomic mass is 10.00. The van der Waals surface area contributed by atoms with Crippen molar-refractivity contribution >= 4 is 5.82 Å². The molecular weight excluding hydrogens is 467 g/mol. The summed E-state index contributed by atoms with van der Waals surface area (Å²) in [5.41, 5.74) is -1.38. The van der Waals surface area contributed by atoms with Crippen molar-refractivity contribution in [1.82, 2.24) is 15.1 Å². The maximum atomic E-state index is 14.3. The largest absolute Gasteiger partial charge is 0.420 e. The highest BCUT2D eigenvalue weighted by molar-refractivity contribution is 5.64. The van der Waals surface area contributed by atoms with E-state index in [1.165, 1.54) is 6.92 Å². The van der Waals surface area contributed by atoms with Gasteiger partial charge in [0.15, 0.2) is 5.82 Å². The van der Waals surface area contributed by atoms with Gasteiger partial charge >= 0.3 is 6.18 Å². The molecule has 1 N–H and O–H groups in total. The maximum Gasteiger partial charge on any atom is 0.420 e. The lowest BCUT2D eigenvalue weighted by Crippen LogP contribution is -2.32. The maximum absolute atomic E-state index is 14.3. The molecule has 3 fully saturated rings. The van der Waals surface area contributed by atoms with Crippen LogP contribution in [0.4, 0.5) is 27.8 Å². The zero-order chi connectivity index (χ0) is 24.7. The number of alkyl halides is 3. The third kappa shape index (κ3) is 5.28. The van der Waals surface area contributed by atoms with E-state index in [2.05, 4.69) is 20.4 Å². The third-order valence-electron chi connectivity index (χ3n) is 7.65.